The van der Waals surface area contributed by atoms with E-state index in [0.717, 1.165) is 13.0 Å². The van der Waals surface area contributed by atoms with Crippen LogP contribution in [0.1, 0.15) is 52.4 Å². The van der Waals surface area contributed by atoms with E-state index >= 15 is 0 Å². The minimum atomic E-state index is 0.407. The van der Waals surface area contributed by atoms with E-state index in [2.05, 4.69) is 25.2 Å². The molecule has 2 nitrogen and oxygen atoms in total. The summed E-state index contributed by atoms with van der Waals surface area (Å²) in [5.41, 5.74) is 0.572. The molecule has 1 aliphatic carbocycles. The zero-order valence-corrected chi connectivity index (χ0v) is 9.47. The molecule has 1 unspecified atom stereocenters. The van der Waals surface area contributed by atoms with Gasteiger partial charge in [-0.3, -0.25) is 0 Å². The van der Waals surface area contributed by atoms with Crippen LogP contribution in [0, 0.1) is 16.7 Å². The summed E-state index contributed by atoms with van der Waals surface area (Å²) in [5.74, 6) is 0. The predicted molar refractivity (Wildman–Crippen MR) is 58.9 cm³/mol. The fourth-order valence-corrected chi connectivity index (χ4v) is 2.16. The van der Waals surface area contributed by atoms with Crippen LogP contribution >= 0.6 is 0 Å². The molecule has 0 bridgehead atoms. The number of rotatable bonds is 6. The van der Waals surface area contributed by atoms with Crippen molar-refractivity contribution in [1.29, 1.82) is 5.26 Å². The smallest absolute Gasteiger partial charge is 0.0638 e. The van der Waals surface area contributed by atoms with Crippen molar-refractivity contribution in [3.63, 3.8) is 0 Å². The summed E-state index contributed by atoms with van der Waals surface area (Å²) in [7, 11) is 0. The van der Waals surface area contributed by atoms with Gasteiger partial charge in [-0.25, -0.2) is 0 Å². The Balaban J connectivity index is 2.27. The second-order valence-corrected chi connectivity index (χ2v) is 4.56. The van der Waals surface area contributed by atoms with Gasteiger partial charge in [0.2, 0.25) is 0 Å². The molecule has 1 fully saturated rings. The minimum Gasteiger partial charge on any atom is -0.312 e. The summed E-state index contributed by atoms with van der Waals surface area (Å²) in [4.78, 5) is 0. The third-order valence-corrected chi connectivity index (χ3v) is 3.76. The topological polar surface area (TPSA) is 35.8 Å². The molecule has 0 radical (unpaired) electrons. The SMILES string of the molecule is CCC(CC#N)NCC1(CC)CCC1. The Morgan fingerprint density at radius 2 is 2.14 bits per heavy atom. The summed E-state index contributed by atoms with van der Waals surface area (Å²) >= 11 is 0. The molecule has 0 aromatic heterocycles. The quantitative estimate of drug-likeness (QED) is 0.705. The Labute approximate surface area is 87.7 Å². The van der Waals surface area contributed by atoms with Crippen LogP contribution in [0.25, 0.3) is 0 Å². The summed E-state index contributed by atoms with van der Waals surface area (Å²) < 4.78 is 0. The van der Waals surface area contributed by atoms with Gasteiger partial charge in [-0.1, -0.05) is 20.3 Å². The molecular weight excluding hydrogens is 172 g/mol. The van der Waals surface area contributed by atoms with Gasteiger partial charge in [-0.15, -0.1) is 0 Å². The number of nitrogens with one attached hydrogen (secondary N) is 1. The Bertz CT molecular complexity index is 195. The van der Waals surface area contributed by atoms with E-state index in [4.69, 9.17) is 5.26 Å². The van der Waals surface area contributed by atoms with Crippen molar-refractivity contribution in [2.45, 2.75) is 58.4 Å². The first-order valence-corrected chi connectivity index (χ1v) is 5.86. The molecule has 80 valence electrons. The molecule has 0 heterocycles. The molecule has 1 rings (SSSR count). The molecule has 0 aromatic carbocycles. The van der Waals surface area contributed by atoms with Gasteiger partial charge in [0.05, 0.1) is 12.5 Å². The van der Waals surface area contributed by atoms with Crippen LogP contribution in [0.5, 0.6) is 0 Å². The number of hydrogen-bond acceptors (Lipinski definition) is 2. The number of hydrogen-bond donors (Lipinski definition) is 1. The van der Waals surface area contributed by atoms with E-state index in [1.165, 1.54) is 25.7 Å². The summed E-state index contributed by atoms with van der Waals surface area (Å²) in [5, 5.41) is 12.2. The molecule has 1 saturated carbocycles. The average molecular weight is 194 g/mol. The van der Waals surface area contributed by atoms with E-state index in [1.54, 1.807) is 0 Å². The molecule has 1 atom stereocenters. The van der Waals surface area contributed by atoms with Gasteiger partial charge in [0.1, 0.15) is 0 Å². The van der Waals surface area contributed by atoms with Gasteiger partial charge in [0.25, 0.3) is 0 Å². The van der Waals surface area contributed by atoms with Crippen molar-refractivity contribution in [3.8, 4) is 6.07 Å². The molecular formula is C12H22N2. The highest BCUT2D eigenvalue weighted by molar-refractivity contribution is 4.90. The molecule has 14 heavy (non-hydrogen) atoms. The normalized spacial score (nSPS) is 20.9. The van der Waals surface area contributed by atoms with Crippen LogP contribution < -0.4 is 5.32 Å². The molecule has 0 saturated heterocycles. The van der Waals surface area contributed by atoms with Crippen LogP contribution in [0.4, 0.5) is 0 Å². The van der Waals surface area contributed by atoms with E-state index in [1.807, 2.05) is 0 Å². The summed E-state index contributed by atoms with van der Waals surface area (Å²) in [6.07, 6.45) is 7.14. The molecule has 1 aliphatic rings. The van der Waals surface area contributed by atoms with Gasteiger partial charge < -0.3 is 5.32 Å². The first-order valence-electron chi connectivity index (χ1n) is 5.86. The maximum atomic E-state index is 8.64. The Morgan fingerprint density at radius 3 is 2.50 bits per heavy atom. The van der Waals surface area contributed by atoms with Crippen molar-refractivity contribution in [2.75, 3.05) is 6.54 Å². The van der Waals surface area contributed by atoms with Crippen molar-refractivity contribution in [1.82, 2.24) is 5.32 Å². The highest BCUT2D eigenvalue weighted by Crippen LogP contribution is 2.43. The molecule has 0 spiro atoms. The highest BCUT2D eigenvalue weighted by atomic mass is 14.9. The minimum absolute atomic E-state index is 0.407. The lowest BCUT2D eigenvalue weighted by Gasteiger charge is -2.42. The highest BCUT2D eigenvalue weighted by Gasteiger charge is 2.34. The van der Waals surface area contributed by atoms with Gasteiger partial charge >= 0.3 is 0 Å². The zero-order valence-electron chi connectivity index (χ0n) is 9.47. The Morgan fingerprint density at radius 1 is 1.43 bits per heavy atom. The van der Waals surface area contributed by atoms with Crippen LogP contribution in [0.2, 0.25) is 0 Å². The van der Waals surface area contributed by atoms with Gasteiger partial charge in [-0.05, 0) is 31.1 Å². The fraction of sp³-hybridized carbons (Fsp3) is 0.917. The third-order valence-electron chi connectivity index (χ3n) is 3.76. The van der Waals surface area contributed by atoms with Crippen molar-refractivity contribution >= 4 is 0 Å². The number of nitriles is 1. The van der Waals surface area contributed by atoms with Crippen molar-refractivity contribution in [2.24, 2.45) is 5.41 Å². The first kappa shape index (κ1) is 11.5. The maximum Gasteiger partial charge on any atom is 0.0638 e. The van der Waals surface area contributed by atoms with E-state index in [9.17, 15) is 0 Å². The van der Waals surface area contributed by atoms with E-state index in [0.29, 0.717) is 17.9 Å². The third kappa shape index (κ3) is 2.72. The van der Waals surface area contributed by atoms with Crippen LogP contribution in [0.3, 0.4) is 0 Å². The maximum absolute atomic E-state index is 8.64. The van der Waals surface area contributed by atoms with Crippen LogP contribution in [0.15, 0.2) is 0 Å². The number of nitrogens with zero attached hydrogens (tertiary/aromatic N) is 1. The molecule has 0 aromatic rings. The van der Waals surface area contributed by atoms with Crippen molar-refractivity contribution < 1.29 is 0 Å². The van der Waals surface area contributed by atoms with E-state index < -0.39 is 0 Å². The Kier molecular flexibility index (Phi) is 4.41. The lowest BCUT2D eigenvalue weighted by atomic mass is 9.67. The molecule has 0 aliphatic heterocycles. The van der Waals surface area contributed by atoms with Gasteiger partial charge in [-0.2, -0.15) is 5.26 Å². The fourth-order valence-electron chi connectivity index (χ4n) is 2.16. The lowest BCUT2D eigenvalue weighted by molar-refractivity contribution is 0.119. The van der Waals surface area contributed by atoms with E-state index in [-0.39, 0.29) is 0 Å². The average Bonchev–Trinajstić information content (AvgIpc) is 2.15. The molecule has 1 N–H and O–H groups in total. The molecule has 0 amide bonds. The summed E-state index contributed by atoms with van der Waals surface area (Å²) in [6.45, 7) is 5.55. The standard InChI is InChI=1S/C12H22N2/c1-3-11(6-9-13)14-10-12(4-2)7-5-8-12/h11,14H,3-8,10H2,1-2H3. The first-order chi connectivity index (χ1) is 6.76. The van der Waals surface area contributed by atoms with Gasteiger partial charge in [0, 0.05) is 12.6 Å². The second-order valence-electron chi connectivity index (χ2n) is 4.56. The zero-order chi connectivity index (χ0) is 10.4. The Hall–Kier alpha value is -0.550. The monoisotopic (exact) mass is 194 g/mol. The van der Waals surface area contributed by atoms with Crippen LogP contribution in [-0.2, 0) is 0 Å². The largest absolute Gasteiger partial charge is 0.312 e. The lowest BCUT2D eigenvalue weighted by Crippen LogP contribution is -2.43. The van der Waals surface area contributed by atoms with Crippen LogP contribution in [-0.4, -0.2) is 12.6 Å². The van der Waals surface area contributed by atoms with Gasteiger partial charge in [0.15, 0.2) is 0 Å². The van der Waals surface area contributed by atoms with Crippen molar-refractivity contribution in [3.05, 3.63) is 0 Å². The summed E-state index contributed by atoms with van der Waals surface area (Å²) in [6, 6.07) is 2.65. The molecule has 2 heteroatoms. The predicted octanol–water partition coefficient (Wildman–Crippen LogP) is 2.85. The second kappa shape index (κ2) is 5.36.